The number of hydrogen-bond acceptors (Lipinski definition) is 6. The van der Waals surface area contributed by atoms with Gasteiger partial charge in [0.15, 0.2) is 11.5 Å². The molecule has 0 atom stereocenters. The summed E-state index contributed by atoms with van der Waals surface area (Å²) < 4.78 is 10.4. The van der Waals surface area contributed by atoms with Gasteiger partial charge in [0.25, 0.3) is 0 Å². The minimum atomic E-state index is -0.969. The van der Waals surface area contributed by atoms with Crippen LogP contribution in [0, 0.1) is 0 Å². The van der Waals surface area contributed by atoms with Gasteiger partial charge in [-0.15, -0.1) is 0 Å². The maximum Gasteiger partial charge on any atom is 0.334 e. The molecule has 0 radical (unpaired) electrons. The van der Waals surface area contributed by atoms with Crippen molar-refractivity contribution in [3.8, 4) is 11.5 Å². The fourth-order valence-corrected chi connectivity index (χ4v) is 2.68. The summed E-state index contributed by atoms with van der Waals surface area (Å²) in [7, 11) is 4.67. The summed E-state index contributed by atoms with van der Waals surface area (Å²) in [5, 5.41) is 0. The first-order chi connectivity index (χ1) is 12.8. The molecule has 1 aliphatic heterocycles. The van der Waals surface area contributed by atoms with Gasteiger partial charge in [-0.05, 0) is 31.0 Å². The van der Waals surface area contributed by atoms with Crippen LogP contribution in [0.4, 0.5) is 4.79 Å². The van der Waals surface area contributed by atoms with Crippen molar-refractivity contribution < 1.29 is 28.7 Å². The Bertz CT molecular complexity index is 763. The summed E-state index contributed by atoms with van der Waals surface area (Å²) in [5.41, 5.74) is 0.938. The standard InChI is InChI=1S/C18H23N3O6/c1-5-20-16(23)17(24)21(18(20)25)11-15(22)19(2)9-8-12-6-7-13(26-3)14(10-12)27-4/h6-7,10H,5,8-9,11H2,1-4H3. The third kappa shape index (κ3) is 4.18. The lowest BCUT2D eigenvalue weighted by Crippen LogP contribution is -2.42. The molecular weight excluding hydrogens is 354 g/mol. The number of imide groups is 2. The van der Waals surface area contributed by atoms with Gasteiger partial charge in [0.05, 0.1) is 14.2 Å². The van der Waals surface area contributed by atoms with Crippen LogP contribution in [-0.2, 0) is 20.8 Å². The van der Waals surface area contributed by atoms with Crippen LogP contribution in [0.3, 0.4) is 0 Å². The Hall–Kier alpha value is -3.10. The van der Waals surface area contributed by atoms with Crippen LogP contribution < -0.4 is 9.47 Å². The average Bonchev–Trinajstić information content (AvgIpc) is 2.88. The molecule has 0 N–H and O–H groups in total. The number of likely N-dealkylation sites (N-methyl/N-ethyl adjacent to an activating group) is 2. The Labute approximate surface area is 157 Å². The molecule has 146 valence electrons. The predicted octanol–water partition coefficient (Wildman–Crippen LogP) is 0.515. The normalized spacial score (nSPS) is 14.0. The fraction of sp³-hybridized carbons (Fsp3) is 0.444. The molecule has 27 heavy (non-hydrogen) atoms. The first kappa shape index (κ1) is 20.2. The average molecular weight is 377 g/mol. The van der Waals surface area contributed by atoms with Gasteiger partial charge in [0, 0.05) is 20.1 Å². The summed E-state index contributed by atoms with van der Waals surface area (Å²) in [6.07, 6.45) is 0.546. The Morgan fingerprint density at radius 2 is 1.67 bits per heavy atom. The minimum Gasteiger partial charge on any atom is -0.493 e. The van der Waals surface area contributed by atoms with E-state index in [0.29, 0.717) is 29.4 Å². The van der Waals surface area contributed by atoms with E-state index in [1.807, 2.05) is 12.1 Å². The number of ether oxygens (including phenoxy) is 2. The van der Waals surface area contributed by atoms with Gasteiger partial charge in [0.2, 0.25) is 5.91 Å². The molecule has 1 heterocycles. The van der Waals surface area contributed by atoms with Crippen LogP contribution in [0.2, 0.25) is 0 Å². The highest BCUT2D eigenvalue weighted by atomic mass is 16.5. The highest BCUT2D eigenvalue weighted by Gasteiger charge is 2.44. The van der Waals surface area contributed by atoms with Crippen molar-refractivity contribution in [2.45, 2.75) is 13.3 Å². The second-order valence-electron chi connectivity index (χ2n) is 5.98. The summed E-state index contributed by atoms with van der Waals surface area (Å²) >= 11 is 0. The van der Waals surface area contributed by atoms with E-state index in [2.05, 4.69) is 0 Å². The van der Waals surface area contributed by atoms with Crippen LogP contribution in [0.25, 0.3) is 0 Å². The SMILES string of the molecule is CCN1C(=O)C(=O)N(CC(=O)N(C)CCc2ccc(OC)c(OC)c2)C1=O. The number of rotatable bonds is 8. The molecule has 0 spiro atoms. The third-order valence-electron chi connectivity index (χ3n) is 4.35. The molecule has 0 bridgehead atoms. The van der Waals surface area contributed by atoms with Gasteiger partial charge in [-0.2, -0.15) is 0 Å². The Kier molecular flexibility index (Phi) is 6.38. The van der Waals surface area contributed by atoms with Crippen molar-refractivity contribution in [1.82, 2.24) is 14.7 Å². The molecule has 0 aromatic heterocycles. The van der Waals surface area contributed by atoms with Crippen molar-refractivity contribution in [2.24, 2.45) is 0 Å². The number of benzene rings is 1. The number of nitrogens with zero attached hydrogens (tertiary/aromatic N) is 3. The first-order valence-corrected chi connectivity index (χ1v) is 8.46. The minimum absolute atomic E-state index is 0.0865. The van der Waals surface area contributed by atoms with E-state index in [4.69, 9.17) is 9.47 Å². The third-order valence-corrected chi connectivity index (χ3v) is 4.35. The molecule has 9 heteroatoms. The number of hydrogen-bond donors (Lipinski definition) is 0. The van der Waals surface area contributed by atoms with E-state index in [-0.39, 0.29) is 6.54 Å². The Balaban J connectivity index is 1.95. The topological polar surface area (TPSA) is 96.5 Å². The maximum atomic E-state index is 12.3. The second kappa shape index (κ2) is 8.52. The highest BCUT2D eigenvalue weighted by Crippen LogP contribution is 2.27. The predicted molar refractivity (Wildman–Crippen MR) is 95.4 cm³/mol. The first-order valence-electron chi connectivity index (χ1n) is 8.46. The lowest BCUT2D eigenvalue weighted by Gasteiger charge is -2.20. The zero-order valence-electron chi connectivity index (χ0n) is 15.9. The smallest absolute Gasteiger partial charge is 0.334 e. The molecular formula is C18H23N3O6. The second-order valence-corrected chi connectivity index (χ2v) is 5.98. The number of urea groups is 1. The van der Waals surface area contributed by atoms with Crippen molar-refractivity contribution in [3.05, 3.63) is 23.8 Å². The fourth-order valence-electron chi connectivity index (χ4n) is 2.68. The Morgan fingerprint density at radius 1 is 1.04 bits per heavy atom. The molecule has 0 unspecified atom stereocenters. The van der Waals surface area contributed by atoms with Crippen LogP contribution in [0.1, 0.15) is 12.5 Å². The van der Waals surface area contributed by atoms with Crippen molar-refractivity contribution in [2.75, 3.05) is 40.9 Å². The van der Waals surface area contributed by atoms with Gasteiger partial charge >= 0.3 is 17.8 Å². The van der Waals surface area contributed by atoms with Gasteiger partial charge < -0.3 is 14.4 Å². The lowest BCUT2D eigenvalue weighted by molar-refractivity contribution is -0.144. The molecule has 0 saturated carbocycles. The highest BCUT2D eigenvalue weighted by molar-refractivity contribution is 6.45. The van der Waals surface area contributed by atoms with Gasteiger partial charge in [-0.3, -0.25) is 19.3 Å². The van der Waals surface area contributed by atoms with Gasteiger partial charge in [0.1, 0.15) is 6.54 Å². The monoisotopic (exact) mass is 377 g/mol. The maximum absolute atomic E-state index is 12.3. The van der Waals surface area contributed by atoms with Gasteiger partial charge in [-0.25, -0.2) is 9.69 Å². The molecule has 1 saturated heterocycles. The molecule has 1 fully saturated rings. The van der Waals surface area contributed by atoms with Crippen LogP contribution in [0.15, 0.2) is 18.2 Å². The van der Waals surface area contributed by atoms with Gasteiger partial charge in [-0.1, -0.05) is 6.07 Å². The van der Waals surface area contributed by atoms with E-state index in [1.165, 1.54) is 4.90 Å². The zero-order valence-corrected chi connectivity index (χ0v) is 15.9. The molecule has 1 aromatic carbocycles. The summed E-state index contributed by atoms with van der Waals surface area (Å²) in [6.45, 7) is 1.59. The van der Waals surface area contributed by atoms with Crippen molar-refractivity contribution >= 4 is 23.8 Å². The van der Waals surface area contributed by atoms with Crippen molar-refractivity contribution in [3.63, 3.8) is 0 Å². The molecule has 5 amide bonds. The Morgan fingerprint density at radius 3 is 2.22 bits per heavy atom. The molecule has 9 nitrogen and oxygen atoms in total. The van der Waals surface area contributed by atoms with E-state index in [0.717, 1.165) is 10.5 Å². The quantitative estimate of drug-likeness (QED) is 0.484. The van der Waals surface area contributed by atoms with E-state index in [1.54, 1.807) is 34.3 Å². The number of carbonyl (C=O) groups is 4. The summed E-state index contributed by atoms with van der Waals surface area (Å²) in [4.78, 5) is 50.9. The summed E-state index contributed by atoms with van der Waals surface area (Å²) in [6, 6.07) is 4.71. The molecule has 1 aromatic rings. The number of amides is 5. The van der Waals surface area contributed by atoms with Crippen LogP contribution in [0.5, 0.6) is 11.5 Å². The van der Waals surface area contributed by atoms with Crippen LogP contribution in [-0.4, -0.2) is 79.4 Å². The van der Waals surface area contributed by atoms with E-state index >= 15 is 0 Å². The summed E-state index contributed by atoms with van der Waals surface area (Å²) in [5.74, 6) is -1.09. The molecule has 0 aliphatic carbocycles. The van der Waals surface area contributed by atoms with E-state index < -0.39 is 30.3 Å². The molecule has 1 aliphatic rings. The number of methoxy groups -OCH3 is 2. The lowest BCUT2D eigenvalue weighted by atomic mass is 10.1. The van der Waals surface area contributed by atoms with E-state index in [9.17, 15) is 19.2 Å². The molecule has 2 rings (SSSR count). The van der Waals surface area contributed by atoms with Crippen molar-refractivity contribution in [1.29, 1.82) is 0 Å². The zero-order chi connectivity index (χ0) is 20.1. The number of carbonyl (C=O) groups excluding carboxylic acids is 4. The largest absolute Gasteiger partial charge is 0.493 e. The van der Waals surface area contributed by atoms with Crippen LogP contribution >= 0.6 is 0 Å².